The maximum Gasteiger partial charge on any atom is 0.258 e. The van der Waals surface area contributed by atoms with Crippen LogP contribution in [0.15, 0.2) is 6.07 Å². The van der Waals surface area contributed by atoms with Gasteiger partial charge in [0.1, 0.15) is 11.8 Å². The van der Waals surface area contributed by atoms with E-state index in [2.05, 4.69) is 5.32 Å². The molecule has 0 spiro atoms. The lowest BCUT2D eigenvalue weighted by Gasteiger charge is -2.35. The number of hydrogen-bond acceptors (Lipinski definition) is 3. The topological polar surface area (TPSA) is 35.5 Å². The van der Waals surface area contributed by atoms with Crippen molar-refractivity contribution in [3.05, 3.63) is 29.1 Å². The first kappa shape index (κ1) is 15.0. The molecule has 1 atom stereocenters. The average Bonchev–Trinajstić information content (AvgIpc) is 2.41. The smallest absolute Gasteiger partial charge is 0.258 e. The van der Waals surface area contributed by atoms with Gasteiger partial charge in [-0.15, -0.1) is 0 Å². The second-order valence-corrected chi connectivity index (χ2v) is 4.48. The number of rotatable bonds is 3. The normalized spacial score (nSPS) is 18.5. The van der Waals surface area contributed by atoms with Crippen LogP contribution < -0.4 is 5.32 Å². The molecule has 0 saturated carbocycles. The third kappa shape index (κ3) is 2.71. The molecule has 3 nitrogen and oxygen atoms in total. The van der Waals surface area contributed by atoms with E-state index in [4.69, 9.17) is 0 Å². The van der Waals surface area contributed by atoms with E-state index in [9.17, 15) is 27.1 Å². The zero-order valence-corrected chi connectivity index (χ0v) is 10.3. The first-order valence-corrected chi connectivity index (χ1v) is 6.02. The molecule has 8 heteroatoms. The Balaban J connectivity index is 2.46. The van der Waals surface area contributed by atoms with E-state index < -0.39 is 41.2 Å². The highest BCUT2D eigenvalue weighted by molar-refractivity contribution is 5.38. The van der Waals surface area contributed by atoms with E-state index in [1.165, 1.54) is 4.90 Å². The van der Waals surface area contributed by atoms with Gasteiger partial charge < -0.3 is 10.4 Å². The highest BCUT2D eigenvalue weighted by atomic mass is 19.3. The predicted octanol–water partition coefficient (Wildman–Crippen LogP) is 2.02. The molecule has 1 heterocycles. The molecule has 1 aliphatic rings. The van der Waals surface area contributed by atoms with E-state index in [-0.39, 0.29) is 13.1 Å². The van der Waals surface area contributed by atoms with Gasteiger partial charge in [0.25, 0.3) is 6.43 Å². The monoisotopic (exact) mass is 296 g/mol. The van der Waals surface area contributed by atoms with Gasteiger partial charge in [0, 0.05) is 32.2 Å². The van der Waals surface area contributed by atoms with Crippen molar-refractivity contribution in [3.63, 3.8) is 0 Å². The second kappa shape index (κ2) is 5.92. The summed E-state index contributed by atoms with van der Waals surface area (Å²) in [7, 11) is 0. The summed E-state index contributed by atoms with van der Waals surface area (Å²) < 4.78 is 66.3. The Bertz CT molecular complexity index is 491. The number of nitrogens with zero attached hydrogens (tertiary/aromatic N) is 1. The minimum atomic E-state index is -3.04. The summed E-state index contributed by atoms with van der Waals surface area (Å²) in [6.45, 7) is 1.20. The van der Waals surface area contributed by atoms with Crippen LogP contribution >= 0.6 is 0 Å². The molecule has 2 rings (SSSR count). The third-order valence-electron chi connectivity index (χ3n) is 3.26. The number of hydrogen-bond donors (Lipinski definition) is 2. The Morgan fingerprint density at radius 1 is 1.10 bits per heavy atom. The molecule has 2 N–H and O–H groups in total. The maximum atomic E-state index is 13.7. The zero-order chi connectivity index (χ0) is 14.9. The van der Waals surface area contributed by atoms with Crippen molar-refractivity contribution in [2.75, 3.05) is 26.2 Å². The van der Waals surface area contributed by atoms with Gasteiger partial charge in [0.2, 0.25) is 0 Å². The molecule has 0 aromatic heterocycles. The zero-order valence-electron chi connectivity index (χ0n) is 10.3. The summed E-state index contributed by atoms with van der Waals surface area (Å²) in [5.74, 6) is -6.26. The van der Waals surface area contributed by atoms with Crippen LogP contribution in [0.1, 0.15) is 11.6 Å². The van der Waals surface area contributed by atoms with Gasteiger partial charge in [0.15, 0.2) is 17.5 Å². The molecule has 0 amide bonds. The number of aromatic hydroxyl groups is 1. The minimum absolute atomic E-state index is 0.187. The highest BCUT2D eigenvalue weighted by Gasteiger charge is 2.36. The van der Waals surface area contributed by atoms with Crippen LogP contribution in [0.3, 0.4) is 0 Å². The fourth-order valence-corrected chi connectivity index (χ4v) is 2.31. The highest BCUT2D eigenvalue weighted by Crippen LogP contribution is 2.37. The molecule has 0 radical (unpaired) electrons. The number of nitrogens with one attached hydrogen (secondary N) is 1. The molecular formula is C12H13F5N2O. The molecule has 112 valence electrons. The van der Waals surface area contributed by atoms with Crippen molar-refractivity contribution < 1.29 is 27.1 Å². The number of alkyl halides is 2. The number of phenolic OH excluding ortho intramolecular Hbond substituents is 1. The molecule has 0 bridgehead atoms. The Hall–Kier alpha value is -1.41. The quantitative estimate of drug-likeness (QED) is 0.662. The number of piperazine rings is 1. The average molecular weight is 296 g/mol. The summed E-state index contributed by atoms with van der Waals surface area (Å²) in [6, 6.07) is -1.50. The molecule has 1 fully saturated rings. The molecule has 1 saturated heterocycles. The van der Waals surface area contributed by atoms with Crippen molar-refractivity contribution in [1.82, 2.24) is 10.2 Å². The number of phenols is 1. The number of halogens is 5. The predicted molar refractivity (Wildman–Crippen MR) is 61.2 cm³/mol. The summed E-state index contributed by atoms with van der Waals surface area (Å²) in [5.41, 5.74) is -0.902. The largest absolute Gasteiger partial charge is 0.507 e. The lowest BCUT2D eigenvalue weighted by molar-refractivity contribution is 0.0147. The van der Waals surface area contributed by atoms with Crippen molar-refractivity contribution in [2.24, 2.45) is 0 Å². The van der Waals surface area contributed by atoms with Crippen LogP contribution in [0.2, 0.25) is 0 Å². The summed E-state index contributed by atoms with van der Waals surface area (Å²) in [4.78, 5) is 1.23. The Kier molecular flexibility index (Phi) is 4.44. The van der Waals surface area contributed by atoms with Crippen LogP contribution in [0.5, 0.6) is 5.75 Å². The van der Waals surface area contributed by atoms with Crippen molar-refractivity contribution in [2.45, 2.75) is 12.5 Å². The Morgan fingerprint density at radius 2 is 1.70 bits per heavy atom. The van der Waals surface area contributed by atoms with Gasteiger partial charge in [-0.3, -0.25) is 4.90 Å². The van der Waals surface area contributed by atoms with Crippen molar-refractivity contribution in [1.29, 1.82) is 0 Å². The maximum absolute atomic E-state index is 13.7. The second-order valence-electron chi connectivity index (χ2n) is 4.48. The SMILES string of the molecule is Oc1cc(F)c(F)c(F)c1[C@H](C(F)F)N1CCNCC1. The molecular weight excluding hydrogens is 283 g/mol. The molecule has 0 unspecified atom stereocenters. The van der Waals surface area contributed by atoms with Gasteiger partial charge in [-0.2, -0.15) is 0 Å². The van der Waals surface area contributed by atoms with Gasteiger partial charge in [-0.1, -0.05) is 0 Å². The van der Waals surface area contributed by atoms with E-state index in [1.54, 1.807) is 0 Å². The van der Waals surface area contributed by atoms with Crippen LogP contribution in [-0.4, -0.2) is 42.6 Å². The van der Waals surface area contributed by atoms with Gasteiger partial charge in [0.05, 0.1) is 5.56 Å². The van der Waals surface area contributed by atoms with E-state index in [0.29, 0.717) is 19.2 Å². The lowest BCUT2D eigenvalue weighted by atomic mass is 10.0. The first-order chi connectivity index (χ1) is 9.43. The number of benzene rings is 1. The molecule has 20 heavy (non-hydrogen) atoms. The standard InChI is InChI=1S/C12H13F5N2O/c13-6-5-7(20)8(10(15)9(6)14)11(12(16)17)19-3-1-18-2-4-19/h5,11-12,18,20H,1-4H2/t11-/m1/s1. The van der Waals surface area contributed by atoms with Crippen LogP contribution in [0, 0.1) is 17.5 Å². The Morgan fingerprint density at radius 3 is 2.25 bits per heavy atom. The van der Waals surface area contributed by atoms with Crippen LogP contribution in [0.4, 0.5) is 22.0 Å². The molecule has 1 aromatic carbocycles. The van der Waals surface area contributed by atoms with Gasteiger partial charge in [-0.05, 0) is 0 Å². The fraction of sp³-hybridized carbons (Fsp3) is 0.500. The van der Waals surface area contributed by atoms with Gasteiger partial charge in [-0.25, -0.2) is 22.0 Å². The molecule has 0 aliphatic carbocycles. The van der Waals surface area contributed by atoms with Crippen molar-refractivity contribution >= 4 is 0 Å². The third-order valence-corrected chi connectivity index (χ3v) is 3.26. The van der Waals surface area contributed by atoms with Crippen LogP contribution in [-0.2, 0) is 0 Å². The van der Waals surface area contributed by atoms with E-state index in [0.717, 1.165) is 0 Å². The summed E-state index contributed by atoms with van der Waals surface area (Å²) in [5, 5.41) is 12.5. The van der Waals surface area contributed by atoms with E-state index >= 15 is 0 Å². The van der Waals surface area contributed by atoms with Crippen molar-refractivity contribution in [3.8, 4) is 5.75 Å². The van der Waals surface area contributed by atoms with E-state index in [1.807, 2.05) is 0 Å². The van der Waals surface area contributed by atoms with Gasteiger partial charge >= 0.3 is 0 Å². The Labute approximate surface area is 112 Å². The molecule has 1 aromatic rings. The molecule has 1 aliphatic heterocycles. The summed E-state index contributed by atoms with van der Waals surface area (Å²) in [6.07, 6.45) is -3.04. The first-order valence-electron chi connectivity index (χ1n) is 6.02. The summed E-state index contributed by atoms with van der Waals surface area (Å²) >= 11 is 0. The van der Waals surface area contributed by atoms with Crippen LogP contribution in [0.25, 0.3) is 0 Å². The fourth-order valence-electron chi connectivity index (χ4n) is 2.31. The lowest BCUT2D eigenvalue weighted by Crippen LogP contribution is -2.47. The minimum Gasteiger partial charge on any atom is -0.507 e.